The Hall–Kier alpha value is -7.34. The molecule has 0 saturated carbocycles. The van der Waals surface area contributed by atoms with Gasteiger partial charge < -0.3 is 30.1 Å². The second-order valence-corrected chi connectivity index (χ2v) is 22.6. The van der Waals surface area contributed by atoms with Crippen LogP contribution in [0.1, 0.15) is 199 Å². The Morgan fingerprint density at radius 2 is 1.35 bits per heavy atom. The summed E-state index contributed by atoms with van der Waals surface area (Å²) < 4.78 is 10.3. The highest BCUT2D eigenvalue weighted by Crippen LogP contribution is 2.47. The number of aryl methyl sites for hydroxylation is 3. The van der Waals surface area contributed by atoms with E-state index in [-0.39, 0.29) is 47.4 Å². The van der Waals surface area contributed by atoms with Gasteiger partial charge in [0.15, 0.2) is 0 Å². The van der Waals surface area contributed by atoms with Crippen LogP contribution in [0.2, 0.25) is 0 Å². The number of methoxy groups -OCH3 is 2. The molecular formula is C65H78N6O6. The average molecular weight is 1040 g/mol. The number of hydrogen-bond donors (Lipinski definition) is 4. The van der Waals surface area contributed by atoms with Crippen LogP contribution in [-0.4, -0.2) is 71.0 Å². The number of benzene rings is 2. The standard InChI is InChI=1S/C65H78N6O6/c1-14-46-39(5)52-32-45-31-44(24-25-57(72)76-12)60(68-45)49(34-58(73)77-13)61-59(41(7)54(71-61)36-56-47(15-2)40(6)53(70-56)35-55(46)69-52)63(75)67-29-19-17-16-18-28-66-62(74)43-22-20-42(21-23-43)38(4)48-33-51-50(30-37(48)3)64(8,9)26-27-65(51,10)11/h14,20-23,30,32-33,35-36,44,69,71H,1,4,15-19,24-29,31,34H2,2-3,5-13H3,(H,66,74)(H,67,75)/t44-/m0/s1. The maximum atomic E-state index is 14.6. The van der Waals surface area contributed by atoms with Crippen molar-refractivity contribution >= 4 is 68.6 Å². The van der Waals surface area contributed by atoms with Crippen LogP contribution in [0.4, 0.5) is 0 Å². The van der Waals surface area contributed by atoms with E-state index < -0.39 is 5.97 Å². The second-order valence-electron chi connectivity index (χ2n) is 22.6. The molecule has 0 unspecified atom stereocenters. The SMILES string of the molecule is C=Cc1c(C)c2cc3nc(c(CC(=O)OC)c4[nH]c(cc5nc(cc1[nH]2)C(C)=C5CC)c(C)c4C(=O)NCCCCCCNC(=O)c1ccc(C(=C)c2cc4c(cc2C)C(C)(C)CCC4(C)C)cc1)[C@@H](CCC(=O)OC)C3. The molecule has 404 valence electrons. The first-order valence-electron chi connectivity index (χ1n) is 27.4. The van der Waals surface area contributed by atoms with Crippen molar-refractivity contribution < 1.29 is 28.7 Å². The fraction of sp³-hybridized carbons (Fsp3) is 0.415. The lowest BCUT2D eigenvalue weighted by Crippen LogP contribution is -2.34. The van der Waals surface area contributed by atoms with Crippen LogP contribution < -0.4 is 10.6 Å². The van der Waals surface area contributed by atoms with Crippen LogP contribution in [0.25, 0.3) is 44.9 Å². The molecule has 0 fully saturated rings. The molecule has 12 heteroatoms. The molecule has 0 saturated heterocycles. The van der Waals surface area contributed by atoms with Gasteiger partial charge >= 0.3 is 11.9 Å². The number of carbonyl (C=O) groups excluding carboxylic acids is 4. The highest BCUT2D eigenvalue weighted by molar-refractivity contribution is 6.06. The van der Waals surface area contributed by atoms with Crippen LogP contribution >= 0.6 is 0 Å². The predicted octanol–water partition coefficient (Wildman–Crippen LogP) is 13.3. The zero-order valence-electron chi connectivity index (χ0n) is 47.3. The predicted molar refractivity (Wildman–Crippen MR) is 311 cm³/mol. The number of H-pyrrole nitrogens is 2. The number of allylic oxidation sites excluding steroid dienone is 2. The van der Waals surface area contributed by atoms with Gasteiger partial charge in [0, 0.05) is 64.4 Å². The molecule has 2 aromatic carbocycles. The molecule has 1 atom stereocenters. The van der Waals surface area contributed by atoms with Gasteiger partial charge in [-0.25, -0.2) is 4.98 Å². The van der Waals surface area contributed by atoms with E-state index in [2.05, 4.69) is 100 Å². The summed E-state index contributed by atoms with van der Waals surface area (Å²) in [6.07, 6.45) is 8.98. The lowest BCUT2D eigenvalue weighted by Gasteiger charge is -2.42. The lowest BCUT2D eigenvalue weighted by molar-refractivity contribution is -0.141. The maximum absolute atomic E-state index is 14.6. The van der Waals surface area contributed by atoms with E-state index in [0.29, 0.717) is 64.9 Å². The van der Waals surface area contributed by atoms with Gasteiger partial charge in [-0.1, -0.05) is 91.0 Å². The Kier molecular flexibility index (Phi) is 16.8. The normalized spacial score (nSPS) is 15.4. The van der Waals surface area contributed by atoms with Crippen molar-refractivity contribution in [3.05, 3.63) is 152 Å². The van der Waals surface area contributed by atoms with Crippen LogP contribution in [0, 0.1) is 20.8 Å². The fourth-order valence-electron chi connectivity index (χ4n) is 11.6. The van der Waals surface area contributed by atoms with Gasteiger partial charge in [0.1, 0.15) is 0 Å². The smallest absolute Gasteiger partial charge is 0.310 e. The Morgan fingerprint density at radius 3 is 1.99 bits per heavy atom. The first-order valence-corrected chi connectivity index (χ1v) is 27.4. The lowest BCUT2D eigenvalue weighted by atomic mass is 9.62. The van der Waals surface area contributed by atoms with Gasteiger partial charge in [0.05, 0.1) is 48.8 Å². The average Bonchev–Trinajstić information content (AvgIpc) is 4.13. The zero-order valence-corrected chi connectivity index (χ0v) is 47.3. The number of rotatable bonds is 18. The summed E-state index contributed by atoms with van der Waals surface area (Å²) in [5.41, 5.74) is 19.6. The molecule has 77 heavy (non-hydrogen) atoms. The van der Waals surface area contributed by atoms with E-state index in [1.54, 1.807) is 0 Å². The number of nitrogens with one attached hydrogen (secondary N) is 4. The van der Waals surface area contributed by atoms with E-state index >= 15 is 0 Å². The molecule has 5 heterocycles. The van der Waals surface area contributed by atoms with Gasteiger partial charge in [-0.3, -0.25) is 24.2 Å². The van der Waals surface area contributed by atoms with Gasteiger partial charge in [0.2, 0.25) is 0 Å². The minimum atomic E-state index is -0.493. The van der Waals surface area contributed by atoms with Gasteiger partial charge in [-0.05, 0) is 169 Å². The third kappa shape index (κ3) is 11.7. The topological polar surface area (TPSA) is 168 Å². The summed E-state index contributed by atoms with van der Waals surface area (Å²) in [5.74, 6) is -1.52. The summed E-state index contributed by atoms with van der Waals surface area (Å²) in [7, 11) is 2.72. The van der Waals surface area contributed by atoms with E-state index in [4.69, 9.17) is 19.4 Å². The Balaban J connectivity index is 0.993. The van der Waals surface area contributed by atoms with E-state index in [1.807, 2.05) is 56.3 Å². The van der Waals surface area contributed by atoms with Gasteiger partial charge in [-0.2, -0.15) is 0 Å². The zero-order chi connectivity index (χ0) is 55.5. The van der Waals surface area contributed by atoms with Crippen molar-refractivity contribution in [1.82, 2.24) is 30.6 Å². The Labute approximate surface area is 454 Å². The molecule has 12 nitrogen and oxygen atoms in total. The number of ether oxygens (including phenoxy) is 2. The molecule has 3 aliphatic rings. The van der Waals surface area contributed by atoms with E-state index in [9.17, 15) is 19.2 Å². The van der Waals surface area contributed by atoms with Crippen LogP contribution in [-0.2, 0) is 42.7 Å². The largest absolute Gasteiger partial charge is 0.469 e. The van der Waals surface area contributed by atoms with E-state index in [1.165, 1.54) is 37.3 Å². The Bertz CT molecular complexity index is 3380. The molecular weight excluding hydrogens is 961 g/mol. The van der Waals surface area contributed by atoms with Crippen molar-refractivity contribution in [1.29, 1.82) is 0 Å². The second kappa shape index (κ2) is 23.1. The third-order valence-corrected chi connectivity index (χ3v) is 16.6. The number of unbranched alkanes of at least 4 members (excludes halogenated alkanes) is 3. The summed E-state index contributed by atoms with van der Waals surface area (Å²) in [6.45, 7) is 29.3. The molecule has 0 spiro atoms. The first kappa shape index (κ1) is 55.9. The number of fused-ring (bicyclic) bond motifs is 9. The number of nitrogens with zero attached hydrogens (tertiary/aromatic N) is 2. The summed E-state index contributed by atoms with van der Waals surface area (Å²) in [4.78, 5) is 71.5. The summed E-state index contributed by atoms with van der Waals surface area (Å²) in [6, 6.07) is 18.5. The van der Waals surface area contributed by atoms with Gasteiger partial charge in [-0.15, -0.1) is 0 Å². The van der Waals surface area contributed by atoms with Crippen LogP contribution in [0.15, 0.2) is 67.8 Å². The minimum Gasteiger partial charge on any atom is -0.469 e. The first-order chi connectivity index (χ1) is 36.7. The Morgan fingerprint density at radius 1 is 0.740 bits per heavy atom. The van der Waals surface area contributed by atoms with Crippen molar-refractivity contribution in [2.24, 2.45) is 0 Å². The van der Waals surface area contributed by atoms with Crippen LogP contribution in [0.3, 0.4) is 0 Å². The van der Waals surface area contributed by atoms with Gasteiger partial charge in [0.25, 0.3) is 11.8 Å². The molecule has 8 rings (SSSR count). The number of amides is 2. The summed E-state index contributed by atoms with van der Waals surface area (Å²) in [5, 5.41) is 6.27. The monoisotopic (exact) mass is 1040 g/mol. The highest BCUT2D eigenvalue weighted by Gasteiger charge is 2.38. The molecule has 8 bridgehead atoms. The maximum Gasteiger partial charge on any atom is 0.310 e. The number of carbonyl (C=O) groups is 4. The molecule has 4 N–H and O–H groups in total. The van der Waals surface area contributed by atoms with Crippen molar-refractivity contribution in [2.45, 2.75) is 150 Å². The van der Waals surface area contributed by atoms with E-state index in [0.717, 1.165) is 106 Å². The minimum absolute atomic E-state index is 0.0956. The fourth-order valence-corrected chi connectivity index (χ4v) is 11.6. The van der Waals surface area contributed by atoms with Crippen molar-refractivity contribution in [3.63, 3.8) is 0 Å². The number of hydrogen-bond acceptors (Lipinski definition) is 8. The molecule has 2 amide bonds. The van der Waals surface area contributed by atoms with Crippen molar-refractivity contribution in [3.8, 4) is 0 Å². The number of aromatic nitrogens is 4. The summed E-state index contributed by atoms with van der Waals surface area (Å²) >= 11 is 0. The molecule has 5 aromatic rings. The third-order valence-electron chi connectivity index (χ3n) is 16.6. The number of aromatic amines is 2. The highest BCUT2D eigenvalue weighted by atomic mass is 16.5. The van der Waals surface area contributed by atoms with Crippen LogP contribution in [0.5, 0.6) is 0 Å². The molecule has 3 aromatic heterocycles. The molecule has 0 radical (unpaired) electrons. The number of esters is 2. The quantitative estimate of drug-likeness (QED) is 0.0497. The van der Waals surface area contributed by atoms with Crippen molar-refractivity contribution in [2.75, 3.05) is 27.3 Å². The molecule has 2 aliphatic heterocycles. The molecule has 1 aliphatic carbocycles.